The molecule has 0 saturated heterocycles. The number of aliphatic imine (C=N–C) groups is 1. The van der Waals surface area contributed by atoms with E-state index in [1.807, 2.05) is 47.5 Å². The standard InChI is InChI=1S/C29H28N4O3S/c1-3-19-13-15-21(16-14-19)24-17-23(20-9-5-4-6-10-20)32-33(24)29-31-28(35)26(37-29)18-27(34)30-22-11-7-8-12-25(22)36-2/h4-16,24,26H,3,17-18H2,1-2H3,(H,30,34)/t24-,26+/m1/s1. The third-order valence-corrected chi connectivity index (χ3v) is 7.61. The maximum Gasteiger partial charge on any atom is 0.262 e. The van der Waals surface area contributed by atoms with Crippen molar-refractivity contribution < 1.29 is 14.3 Å². The van der Waals surface area contributed by atoms with Gasteiger partial charge < -0.3 is 10.1 Å². The predicted molar refractivity (Wildman–Crippen MR) is 148 cm³/mol. The lowest BCUT2D eigenvalue weighted by Gasteiger charge is -2.23. The average molecular weight is 513 g/mol. The third kappa shape index (κ3) is 5.44. The molecular weight excluding hydrogens is 484 g/mol. The molecule has 3 aromatic carbocycles. The van der Waals surface area contributed by atoms with E-state index < -0.39 is 5.25 Å². The summed E-state index contributed by atoms with van der Waals surface area (Å²) in [7, 11) is 1.55. The molecule has 0 spiro atoms. The summed E-state index contributed by atoms with van der Waals surface area (Å²) in [6.07, 6.45) is 1.67. The lowest BCUT2D eigenvalue weighted by Crippen LogP contribution is -2.25. The monoisotopic (exact) mass is 512 g/mol. The van der Waals surface area contributed by atoms with Crippen LogP contribution in [0.3, 0.4) is 0 Å². The van der Waals surface area contributed by atoms with E-state index in [9.17, 15) is 9.59 Å². The largest absolute Gasteiger partial charge is 0.495 e. The van der Waals surface area contributed by atoms with Gasteiger partial charge in [0.1, 0.15) is 11.0 Å². The maximum absolute atomic E-state index is 12.8. The summed E-state index contributed by atoms with van der Waals surface area (Å²) in [5, 5.41) is 9.52. The molecule has 2 aliphatic heterocycles. The number of carbonyl (C=O) groups is 2. The fourth-order valence-electron chi connectivity index (χ4n) is 4.45. The number of thioether (sulfide) groups is 1. The molecule has 0 aromatic heterocycles. The Balaban J connectivity index is 1.34. The van der Waals surface area contributed by atoms with Crippen molar-refractivity contribution in [3.63, 3.8) is 0 Å². The highest BCUT2D eigenvalue weighted by atomic mass is 32.2. The quantitative estimate of drug-likeness (QED) is 0.456. The van der Waals surface area contributed by atoms with Crippen molar-refractivity contribution in [3.05, 3.63) is 95.6 Å². The van der Waals surface area contributed by atoms with Crippen LogP contribution in [0.2, 0.25) is 0 Å². The van der Waals surface area contributed by atoms with E-state index >= 15 is 0 Å². The summed E-state index contributed by atoms with van der Waals surface area (Å²) in [4.78, 5) is 29.9. The number of carbonyl (C=O) groups excluding carboxylic acids is 2. The van der Waals surface area contributed by atoms with Crippen LogP contribution in [0.4, 0.5) is 5.69 Å². The van der Waals surface area contributed by atoms with E-state index in [1.165, 1.54) is 17.3 Å². The first-order valence-electron chi connectivity index (χ1n) is 12.3. The SMILES string of the molecule is CCc1ccc([C@H]2CC(c3ccccc3)=NN2C2=NC(=O)[C@H](CC(=O)Nc3ccccc3OC)S2)cc1. The summed E-state index contributed by atoms with van der Waals surface area (Å²) in [6.45, 7) is 2.13. The Morgan fingerprint density at radius 1 is 1.05 bits per heavy atom. The minimum Gasteiger partial charge on any atom is -0.495 e. The minimum absolute atomic E-state index is 0.00745. The van der Waals surface area contributed by atoms with Crippen molar-refractivity contribution in [2.24, 2.45) is 10.1 Å². The van der Waals surface area contributed by atoms with E-state index in [4.69, 9.17) is 9.84 Å². The fraction of sp³-hybridized carbons (Fsp3) is 0.241. The predicted octanol–water partition coefficient (Wildman–Crippen LogP) is 5.44. The first kappa shape index (κ1) is 24.8. The number of amides is 2. The Hall–Kier alpha value is -3.91. The number of para-hydroxylation sites is 2. The Morgan fingerprint density at radius 3 is 2.51 bits per heavy atom. The van der Waals surface area contributed by atoms with Gasteiger partial charge in [0.15, 0.2) is 5.17 Å². The van der Waals surface area contributed by atoms with E-state index in [1.54, 1.807) is 19.2 Å². The molecule has 2 atom stereocenters. The maximum atomic E-state index is 12.8. The molecule has 188 valence electrons. The van der Waals surface area contributed by atoms with Gasteiger partial charge >= 0.3 is 0 Å². The van der Waals surface area contributed by atoms with Crippen molar-refractivity contribution in [2.45, 2.75) is 37.5 Å². The molecule has 0 unspecified atom stereocenters. The lowest BCUT2D eigenvalue weighted by molar-refractivity contribution is -0.121. The first-order chi connectivity index (χ1) is 18.1. The van der Waals surface area contributed by atoms with Crippen LogP contribution < -0.4 is 10.1 Å². The van der Waals surface area contributed by atoms with Gasteiger partial charge in [-0.15, -0.1) is 0 Å². The van der Waals surface area contributed by atoms with Crippen LogP contribution in [0.15, 0.2) is 89.0 Å². The highest BCUT2D eigenvalue weighted by molar-refractivity contribution is 8.15. The second-order valence-electron chi connectivity index (χ2n) is 8.86. The number of nitrogens with zero attached hydrogens (tertiary/aromatic N) is 3. The molecule has 0 bridgehead atoms. The van der Waals surface area contributed by atoms with Crippen molar-refractivity contribution >= 4 is 40.1 Å². The molecular formula is C29H28N4O3S. The van der Waals surface area contributed by atoms with E-state index in [0.29, 0.717) is 23.0 Å². The molecule has 3 aromatic rings. The first-order valence-corrected chi connectivity index (χ1v) is 13.2. The molecule has 0 fully saturated rings. The lowest BCUT2D eigenvalue weighted by atomic mass is 9.97. The van der Waals surface area contributed by atoms with Gasteiger partial charge in [-0.3, -0.25) is 9.59 Å². The van der Waals surface area contributed by atoms with Crippen molar-refractivity contribution in [2.75, 3.05) is 12.4 Å². The van der Waals surface area contributed by atoms with E-state index in [0.717, 1.165) is 23.3 Å². The smallest absolute Gasteiger partial charge is 0.262 e. The number of hydrazone groups is 1. The molecule has 2 heterocycles. The second kappa shape index (κ2) is 11.0. The van der Waals surface area contributed by atoms with E-state index in [2.05, 4.69) is 41.5 Å². The molecule has 0 saturated carbocycles. The number of hydrogen-bond acceptors (Lipinski definition) is 6. The van der Waals surface area contributed by atoms with Crippen LogP contribution in [0.25, 0.3) is 0 Å². The molecule has 0 aliphatic carbocycles. The topological polar surface area (TPSA) is 83.4 Å². The van der Waals surface area contributed by atoms with Crippen LogP contribution in [0, 0.1) is 0 Å². The number of methoxy groups -OCH3 is 1. The third-order valence-electron chi connectivity index (χ3n) is 6.47. The summed E-state index contributed by atoms with van der Waals surface area (Å²) < 4.78 is 5.31. The van der Waals surface area contributed by atoms with Crippen LogP contribution in [0.5, 0.6) is 5.75 Å². The Morgan fingerprint density at radius 2 is 1.78 bits per heavy atom. The molecule has 8 heteroatoms. The zero-order chi connectivity index (χ0) is 25.8. The Bertz CT molecular complexity index is 1360. The molecule has 2 amide bonds. The summed E-state index contributed by atoms with van der Waals surface area (Å²) in [5.41, 5.74) is 4.93. The van der Waals surface area contributed by atoms with Gasteiger partial charge in [-0.25, -0.2) is 5.01 Å². The summed E-state index contributed by atoms with van der Waals surface area (Å²) in [6, 6.07) is 25.7. The van der Waals surface area contributed by atoms with Crippen LogP contribution in [-0.4, -0.2) is 40.1 Å². The fourth-order valence-corrected chi connectivity index (χ4v) is 5.51. The van der Waals surface area contributed by atoms with Gasteiger partial charge in [-0.1, -0.05) is 85.4 Å². The zero-order valence-corrected chi connectivity index (χ0v) is 21.6. The molecule has 0 radical (unpaired) electrons. The molecule has 37 heavy (non-hydrogen) atoms. The number of rotatable bonds is 7. The molecule has 1 N–H and O–H groups in total. The van der Waals surface area contributed by atoms with Crippen molar-refractivity contribution in [1.29, 1.82) is 0 Å². The molecule has 7 nitrogen and oxygen atoms in total. The Labute approximate surface area is 220 Å². The van der Waals surface area contributed by atoms with Crippen LogP contribution >= 0.6 is 11.8 Å². The highest BCUT2D eigenvalue weighted by Gasteiger charge is 2.39. The van der Waals surface area contributed by atoms with Gasteiger partial charge in [0.05, 0.1) is 24.6 Å². The van der Waals surface area contributed by atoms with Gasteiger partial charge in [-0.2, -0.15) is 10.1 Å². The summed E-state index contributed by atoms with van der Waals surface area (Å²) >= 11 is 1.30. The van der Waals surface area contributed by atoms with E-state index in [-0.39, 0.29) is 24.3 Å². The number of ether oxygens (including phenoxy) is 1. The average Bonchev–Trinajstić information content (AvgIpc) is 3.53. The Kier molecular flexibility index (Phi) is 7.37. The van der Waals surface area contributed by atoms with Gasteiger partial charge in [0.25, 0.3) is 5.91 Å². The van der Waals surface area contributed by atoms with Crippen molar-refractivity contribution in [3.8, 4) is 5.75 Å². The van der Waals surface area contributed by atoms with Gasteiger partial charge in [-0.05, 0) is 35.2 Å². The highest BCUT2D eigenvalue weighted by Crippen LogP contribution is 2.38. The summed E-state index contributed by atoms with van der Waals surface area (Å²) in [5.74, 6) is -0.0259. The van der Waals surface area contributed by atoms with Crippen LogP contribution in [0.1, 0.15) is 42.5 Å². The normalized spacial score (nSPS) is 19.0. The zero-order valence-electron chi connectivity index (χ0n) is 20.8. The number of amidine groups is 1. The molecule has 2 aliphatic rings. The number of hydrogen-bond donors (Lipinski definition) is 1. The number of aryl methyl sites for hydroxylation is 1. The molecule has 5 rings (SSSR count). The minimum atomic E-state index is -0.608. The second-order valence-corrected chi connectivity index (χ2v) is 10.0. The number of benzene rings is 3. The van der Waals surface area contributed by atoms with Crippen molar-refractivity contribution in [1.82, 2.24) is 5.01 Å². The van der Waals surface area contributed by atoms with Gasteiger partial charge in [0, 0.05) is 12.8 Å². The number of anilines is 1. The van der Waals surface area contributed by atoms with Gasteiger partial charge in [0.2, 0.25) is 5.91 Å². The van der Waals surface area contributed by atoms with Crippen LogP contribution in [-0.2, 0) is 16.0 Å². The number of nitrogens with one attached hydrogen (secondary N) is 1.